The number of carboxylic acid groups (broad SMARTS) is 1. The minimum atomic E-state index is -1.24. The molecule has 0 saturated carbocycles. The van der Waals surface area contributed by atoms with E-state index in [9.17, 15) is 9.59 Å². The lowest BCUT2D eigenvalue weighted by atomic mass is 10.3. The van der Waals surface area contributed by atoms with Crippen LogP contribution in [0.25, 0.3) is 0 Å². The van der Waals surface area contributed by atoms with Crippen LogP contribution in [0.2, 0.25) is 0 Å². The largest absolute Gasteiger partial charge is 0.476 e. The maximum atomic E-state index is 10.9. The monoisotopic (exact) mass is 275 g/mol. The maximum absolute atomic E-state index is 10.9. The summed E-state index contributed by atoms with van der Waals surface area (Å²) in [6.45, 7) is 0. The van der Waals surface area contributed by atoms with Crippen molar-refractivity contribution in [2.45, 2.75) is 0 Å². The van der Waals surface area contributed by atoms with E-state index < -0.39 is 5.97 Å². The number of rotatable bonds is 7. The molecule has 0 bridgehead atoms. The molecular formula is C8H9N3O4S2. The lowest BCUT2D eigenvalue weighted by Gasteiger charge is -1.98. The standard InChI is InChI=1S/C8H9N3O4S2/c1-16-4-15-11-6(7(13)14)5-2-17-8(10-5)9-3-12/h2-3H,4H2,1H3,(H,13,14)(H,9,10,12)/b11-6+. The molecule has 0 aliphatic rings. The van der Waals surface area contributed by atoms with Gasteiger partial charge >= 0.3 is 5.97 Å². The van der Waals surface area contributed by atoms with Crippen LogP contribution in [0.3, 0.4) is 0 Å². The normalized spacial score (nSPS) is 11.0. The lowest BCUT2D eigenvalue weighted by molar-refractivity contribution is -0.129. The van der Waals surface area contributed by atoms with Gasteiger partial charge < -0.3 is 15.3 Å². The van der Waals surface area contributed by atoms with Crippen molar-refractivity contribution in [3.63, 3.8) is 0 Å². The van der Waals surface area contributed by atoms with Gasteiger partial charge in [0.1, 0.15) is 5.69 Å². The van der Waals surface area contributed by atoms with Gasteiger partial charge in [-0.3, -0.25) is 4.79 Å². The number of aromatic nitrogens is 1. The zero-order valence-electron chi connectivity index (χ0n) is 8.74. The molecule has 1 heterocycles. The fraction of sp³-hybridized carbons (Fsp3) is 0.250. The molecule has 0 saturated heterocycles. The number of carbonyl (C=O) groups is 2. The molecule has 9 heteroatoms. The van der Waals surface area contributed by atoms with Crippen molar-refractivity contribution in [2.24, 2.45) is 5.16 Å². The average molecular weight is 275 g/mol. The van der Waals surface area contributed by atoms with Gasteiger partial charge in [-0.2, -0.15) is 0 Å². The van der Waals surface area contributed by atoms with E-state index in [4.69, 9.17) is 9.94 Å². The summed E-state index contributed by atoms with van der Waals surface area (Å²) in [6, 6.07) is 0. The molecule has 0 unspecified atom stereocenters. The van der Waals surface area contributed by atoms with Gasteiger partial charge in [0.05, 0.1) is 0 Å². The molecule has 1 aromatic rings. The molecule has 17 heavy (non-hydrogen) atoms. The summed E-state index contributed by atoms with van der Waals surface area (Å²) >= 11 is 2.47. The zero-order chi connectivity index (χ0) is 12.7. The molecular weight excluding hydrogens is 266 g/mol. The number of carbonyl (C=O) groups excluding carboxylic acids is 1. The number of carboxylic acids is 1. The van der Waals surface area contributed by atoms with Gasteiger partial charge in [0.15, 0.2) is 11.1 Å². The van der Waals surface area contributed by atoms with E-state index in [1.54, 1.807) is 6.26 Å². The molecule has 1 amide bonds. The molecule has 0 aromatic carbocycles. The van der Waals surface area contributed by atoms with Crippen molar-refractivity contribution in [1.82, 2.24) is 4.98 Å². The minimum Gasteiger partial charge on any atom is -0.476 e. The van der Waals surface area contributed by atoms with Crippen LogP contribution in [-0.4, -0.2) is 40.4 Å². The highest BCUT2D eigenvalue weighted by molar-refractivity contribution is 7.98. The van der Waals surface area contributed by atoms with Crippen LogP contribution in [0, 0.1) is 0 Å². The lowest BCUT2D eigenvalue weighted by Crippen LogP contribution is -2.15. The number of amides is 1. The SMILES string of the molecule is CSCO/N=C(/C(=O)O)c1csc(NC=O)n1. The van der Waals surface area contributed by atoms with Gasteiger partial charge in [-0.05, 0) is 6.26 Å². The third kappa shape index (κ3) is 4.04. The molecule has 0 atom stereocenters. The van der Waals surface area contributed by atoms with Gasteiger partial charge in [-0.1, -0.05) is 5.16 Å². The molecule has 0 fully saturated rings. The molecule has 0 aliphatic carbocycles. The third-order valence-electron chi connectivity index (χ3n) is 1.46. The molecule has 1 rings (SSSR count). The van der Waals surface area contributed by atoms with Gasteiger partial charge in [-0.15, -0.1) is 23.1 Å². The van der Waals surface area contributed by atoms with E-state index >= 15 is 0 Å². The van der Waals surface area contributed by atoms with Crippen LogP contribution in [0.1, 0.15) is 5.69 Å². The number of oxime groups is 1. The summed E-state index contributed by atoms with van der Waals surface area (Å²) in [5.41, 5.74) is -0.151. The zero-order valence-corrected chi connectivity index (χ0v) is 10.4. The Morgan fingerprint density at radius 1 is 1.82 bits per heavy atom. The Bertz CT molecular complexity index is 432. The second-order valence-electron chi connectivity index (χ2n) is 2.58. The Morgan fingerprint density at radius 3 is 3.18 bits per heavy atom. The molecule has 7 nitrogen and oxygen atoms in total. The van der Waals surface area contributed by atoms with Crippen molar-refractivity contribution in [3.05, 3.63) is 11.1 Å². The molecule has 92 valence electrons. The fourth-order valence-electron chi connectivity index (χ4n) is 0.838. The van der Waals surface area contributed by atoms with Crippen LogP contribution in [0.15, 0.2) is 10.5 Å². The van der Waals surface area contributed by atoms with E-state index in [0.29, 0.717) is 11.5 Å². The predicted molar refractivity (Wildman–Crippen MR) is 65.4 cm³/mol. The highest BCUT2D eigenvalue weighted by Gasteiger charge is 2.17. The summed E-state index contributed by atoms with van der Waals surface area (Å²) < 4.78 is 0. The number of anilines is 1. The van der Waals surface area contributed by atoms with E-state index in [0.717, 1.165) is 11.3 Å². The molecule has 2 N–H and O–H groups in total. The van der Waals surface area contributed by atoms with Gasteiger partial charge in [-0.25, -0.2) is 9.78 Å². The minimum absolute atomic E-state index is 0.146. The summed E-state index contributed by atoms with van der Waals surface area (Å²) in [5, 5.41) is 16.5. The predicted octanol–water partition coefficient (Wildman–Crippen LogP) is 0.837. The summed E-state index contributed by atoms with van der Waals surface area (Å²) in [7, 11) is 0. The van der Waals surface area contributed by atoms with Crippen LogP contribution in [-0.2, 0) is 14.4 Å². The Kier molecular flexibility index (Phi) is 5.43. The Hall–Kier alpha value is -1.61. The highest BCUT2D eigenvalue weighted by atomic mass is 32.2. The van der Waals surface area contributed by atoms with Crippen LogP contribution < -0.4 is 5.32 Å². The van der Waals surface area contributed by atoms with E-state index in [-0.39, 0.29) is 17.3 Å². The van der Waals surface area contributed by atoms with Crippen molar-refractivity contribution >= 4 is 46.3 Å². The van der Waals surface area contributed by atoms with Gasteiger partial charge in [0.25, 0.3) is 0 Å². The molecule has 1 aromatic heterocycles. The van der Waals surface area contributed by atoms with E-state index in [1.807, 2.05) is 0 Å². The number of hydrogen-bond acceptors (Lipinski definition) is 7. The van der Waals surface area contributed by atoms with Crippen molar-refractivity contribution in [2.75, 3.05) is 17.5 Å². The first-order valence-corrected chi connectivity index (χ1v) is 6.54. The number of thioether (sulfide) groups is 1. The van der Waals surface area contributed by atoms with E-state index in [2.05, 4.69) is 15.5 Å². The first-order valence-electron chi connectivity index (χ1n) is 4.27. The summed E-state index contributed by atoms with van der Waals surface area (Å²) in [4.78, 5) is 29.8. The molecule has 0 aliphatic heterocycles. The van der Waals surface area contributed by atoms with E-state index in [1.165, 1.54) is 17.1 Å². The third-order valence-corrected chi connectivity index (χ3v) is 2.57. The van der Waals surface area contributed by atoms with Crippen LogP contribution >= 0.6 is 23.1 Å². The first-order chi connectivity index (χ1) is 8.19. The quantitative estimate of drug-likeness (QED) is 0.251. The molecule has 0 radical (unpaired) electrons. The number of aliphatic carboxylic acids is 1. The van der Waals surface area contributed by atoms with Crippen molar-refractivity contribution in [1.29, 1.82) is 0 Å². The fourth-order valence-corrected chi connectivity index (χ4v) is 1.65. The van der Waals surface area contributed by atoms with Crippen molar-refractivity contribution < 1.29 is 19.5 Å². The maximum Gasteiger partial charge on any atom is 0.360 e. The van der Waals surface area contributed by atoms with Gasteiger partial charge in [0, 0.05) is 5.38 Å². The van der Waals surface area contributed by atoms with Gasteiger partial charge in [0.2, 0.25) is 12.1 Å². The Balaban J connectivity index is 2.85. The topological polar surface area (TPSA) is 101 Å². The summed E-state index contributed by atoms with van der Waals surface area (Å²) in [6.07, 6.45) is 2.26. The average Bonchev–Trinajstić information content (AvgIpc) is 2.73. The highest BCUT2D eigenvalue weighted by Crippen LogP contribution is 2.15. The van der Waals surface area contributed by atoms with Crippen molar-refractivity contribution in [3.8, 4) is 0 Å². The number of hydrogen-bond donors (Lipinski definition) is 2. The summed E-state index contributed by atoms with van der Waals surface area (Å²) in [5.74, 6) is -0.991. The Labute approximate surface area is 105 Å². The van der Waals surface area contributed by atoms with Crippen LogP contribution in [0.4, 0.5) is 5.13 Å². The first kappa shape index (κ1) is 13.5. The number of thiazole rings is 1. The smallest absolute Gasteiger partial charge is 0.360 e. The second-order valence-corrected chi connectivity index (χ2v) is 4.25. The number of nitrogens with one attached hydrogen (secondary N) is 1. The Morgan fingerprint density at radius 2 is 2.59 bits per heavy atom. The number of nitrogens with zero attached hydrogens (tertiary/aromatic N) is 2. The van der Waals surface area contributed by atoms with Crippen LogP contribution in [0.5, 0.6) is 0 Å². The second kappa shape index (κ2) is 6.86. The molecule has 0 spiro atoms.